The summed E-state index contributed by atoms with van der Waals surface area (Å²) < 4.78 is 46.8. The molecule has 1 aromatic heterocycles. The van der Waals surface area contributed by atoms with E-state index in [4.69, 9.17) is 9.84 Å². The molecule has 1 heterocycles. The standard InChI is InChI=1S/C23H17FN2O5S2/c1-31-20-12-17(14-2-4-16(5-3-14)23(27)28)8-11-19(20)26-33(29,30)21-13-25-22(32-21)15-6-9-18(24)10-7-15/h2-13,26H,1H3,(H,27,28). The molecule has 4 rings (SSSR count). The van der Waals surface area contributed by atoms with E-state index in [1.165, 1.54) is 49.7 Å². The Morgan fingerprint density at radius 3 is 2.27 bits per heavy atom. The van der Waals surface area contributed by atoms with E-state index in [0.717, 1.165) is 22.5 Å². The molecule has 0 spiro atoms. The van der Waals surface area contributed by atoms with Gasteiger partial charge in [-0.3, -0.25) is 4.72 Å². The number of benzene rings is 3. The van der Waals surface area contributed by atoms with E-state index in [-0.39, 0.29) is 15.5 Å². The maximum Gasteiger partial charge on any atom is 0.335 e. The largest absolute Gasteiger partial charge is 0.495 e. The number of nitrogens with one attached hydrogen (secondary N) is 1. The zero-order valence-corrected chi connectivity index (χ0v) is 18.8. The molecule has 7 nitrogen and oxygen atoms in total. The quantitative estimate of drug-likeness (QED) is 0.377. The average Bonchev–Trinajstić information content (AvgIpc) is 3.31. The SMILES string of the molecule is COc1cc(-c2ccc(C(=O)O)cc2)ccc1NS(=O)(=O)c1cnc(-c2ccc(F)cc2)s1. The molecule has 0 aliphatic carbocycles. The van der Waals surface area contributed by atoms with Gasteiger partial charge in [0.1, 0.15) is 16.6 Å². The fourth-order valence-electron chi connectivity index (χ4n) is 3.06. The number of carboxylic acids is 1. The number of ether oxygens (including phenoxy) is 1. The van der Waals surface area contributed by atoms with Crippen molar-refractivity contribution in [2.24, 2.45) is 0 Å². The van der Waals surface area contributed by atoms with Crippen LogP contribution in [0, 0.1) is 5.82 Å². The fraction of sp³-hybridized carbons (Fsp3) is 0.0435. The van der Waals surface area contributed by atoms with Crippen molar-refractivity contribution in [2.75, 3.05) is 11.8 Å². The van der Waals surface area contributed by atoms with Crippen LogP contribution in [0.5, 0.6) is 5.75 Å². The summed E-state index contributed by atoms with van der Waals surface area (Å²) in [5.41, 5.74) is 2.49. The lowest BCUT2D eigenvalue weighted by atomic mass is 10.0. The van der Waals surface area contributed by atoms with Gasteiger partial charge >= 0.3 is 5.97 Å². The van der Waals surface area contributed by atoms with Crippen LogP contribution >= 0.6 is 11.3 Å². The second-order valence-corrected chi connectivity index (χ2v) is 9.83. The van der Waals surface area contributed by atoms with E-state index in [2.05, 4.69) is 9.71 Å². The highest BCUT2D eigenvalue weighted by Gasteiger charge is 2.21. The summed E-state index contributed by atoms with van der Waals surface area (Å²) in [5, 5.41) is 9.49. The maximum absolute atomic E-state index is 13.1. The molecule has 3 aromatic carbocycles. The number of hydrogen-bond acceptors (Lipinski definition) is 6. The molecular weight excluding hydrogens is 467 g/mol. The van der Waals surface area contributed by atoms with Gasteiger partial charge in [-0.1, -0.05) is 18.2 Å². The minimum atomic E-state index is -3.95. The predicted molar refractivity (Wildman–Crippen MR) is 124 cm³/mol. The van der Waals surface area contributed by atoms with Gasteiger partial charge in [0.15, 0.2) is 4.21 Å². The van der Waals surface area contributed by atoms with Gasteiger partial charge in [0.25, 0.3) is 10.0 Å². The minimum Gasteiger partial charge on any atom is -0.495 e. The Morgan fingerprint density at radius 2 is 1.64 bits per heavy atom. The van der Waals surface area contributed by atoms with Crippen molar-refractivity contribution in [2.45, 2.75) is 4.21 Å². The first-order chi connectivity index (χ1) is 15.8. The van der Waals surface area contributed by atoms with Gasteiger partial charge in [-0.2, -0.15) is 0 Å². The Morgan fingerprint density at radius 1 is 1.00 bits per heavy atom. The Bertz CT molecular complexity index is 1420. The van der Waals surface area contributed by atoms with Crippen LogP contribution in [0.1, 0.15) is 10.4 Å². The van der Waals surface area contributed by atoms with E-state index in [9.17, 15) is 17.6 Å². The summed E-state index contributed by atoms with van der Waals surface area (Å²) in [6.45, 7) is 0. The number of carboxylic acid groups (broad SMARTS) is 1. The lowest BCUT2D eigenvalue weighted by Gasteiger charge is -2.13. The highest BCUT2D eigenvalue weighted by molar-refractivity contribution is 7.94. The molecule has 0 aliphatic rings. The molecule has 10 heteroatoms. The summed E-state index contributed by atoms with van der Waals surface area (Å²) in [4.78, 5) is 15.2. The van der Waals surface area contributed by atoms with Crippen molar-refractivity contribution >= 4 is 33.0 Å². The Hall–Kier alpha value is -3.76. The van der Waals surface area contributed by atoms with E-state index in [0.29, 0.717) is 16.3 Å². The van der Waals surface area contributed by atoms with Crippen molar-refractivity contribution in [3.63, 3.8) is 0 Å². The normalized spacial score (nSPS) is 11.2. The molecule has 0 fully saturated rings. The van der Waals surface area contributed by atoms with Crippen LogP contribution in [-0.2, 0) is 10.0 Å². The van der Waals surface area contributed by atoms with Crippen LogP contribution in [-0.4, -0.2) is 31.6 Å². The molecule has 0 aliphatic heterocycles. The van der Waals surface area contributed by atoms with E-state index in [1.807, 2.05) is 0 Å². The predicted octanol–water partition coefficient (Wildman–Crippen LogP) is 5.12. The first-order valence-electron chi connectivity index (χ1n) is 9.53. The van der Waals surface area contributed by atoms with Crippen molar-refractivity contribution in [1.29, 1.82) is 0 Å². The van der Waals surface area contributed by atoms with Gasteiger partial charge in [0.2, 0.25) is 0 Å². The molecule has 0 atom stereocenters. The van der Waals surface area contributed by atoms with Gasteiger partial charge in [-0.25, -0.2) is 22.6 Å². The van der Waals surface area contributed by atoms with Crippen molar-refractivity contribution < 1.29 is 27.4 Å². The number of sulfonamides is 1. The Kier molecular flexibility index (Phi) is 6.12. The van der Waals surface area contributed by atoms with Gasteiger partial charge in [-0.15, -0.1) is 11.3 Å². The number of nitrogens with zero attached hydrogens (tertiary/aromatic N) is 1. The third-order valence-corrected chi connectivity index (χ3v) is 7.62. The number of carbonyl (C=O) groups is 1. The summed E-state index contributed by atoms with van der Waals surface area (Å²) in [6.07, 6.45) is 1.25. The zero-order valence-electron chi connectivity index (χ0n) is 17.2. The summed E-state index contributed by atoms with van der Waals surface area (Å²) in [6, 6.07) is 16.9. The smallest absolute Gasteiger partial charge is 0.335 e. The van der Waals surface area contributed by atoms with Gasteiger partial charge in [0.05, 0.1) is 24.6 Å². The third-order valence-electron chi connectivity index (χ3n) is 4.75. The lowest BCUT2D eigenvalue weighted by Crippen LogP contribution is -2.12. The molecule has 0 saturated carbocycles. The number of aromatic nitrogens is 1. The molecule has 0 radical (unpaired) electrons. The number of halogens is 1. The monoisotopic (exact) mass is 484 g/mol. The second kappa shape index (κ2) is 9.00. The van der Waals surface area contributed by atoms with Gasteiger partial charge in [0, 0.05) is 5.56 Å². The summed E-state index contributed by atoms with van der Waals surface area (Å²) in [7, 11) is -2.53. The number of methoxy groups -OCH3 is 1. The molecule has 168 valence electrons. The number of rotatable bonds is 7. The first-order valence-corrected chi connectivity index (χ1v) is 11.8. The lowest BCUT2D eigenvalue weighted by molar-refractivity contribution is 0.0697. The minimum absolute atomic E-state index is 0.00258. The fourth-order valence-corrected chi connectivity index (χ4v) is 5.27. The molecule has 0 bridgehead atoms. The van der Waals surface area contributed by atoms with E-state index >= 15 is 0 Å². The van der Waals surface area contributed by atoms with Crippen LogP contribution in [0.15, 0.2) is 77.1 Å². The van der Waals surface area contributed by atoms with Crippen LogP contribution in [0.2, 0.25) is 0 Å². The maximum atomic E-state index is 13.1. The van der Waals surface area contributed by atoms with Crippen molar-refractivity contribution in [3.8, 4) is 27.4 Å². The van der Waals surface area contributed by atoms with Crippen LogP contribution in [0.25, 0.3) is 21.7 Å². The third kappa shape index (κ3) is 4.86. The Labute approximate surface area is 193 Å². The summed E-state index contributed by atoms with van der Waals surface area (Å²) in [5.74, 6) is -1.12. The highest BCUT2D eigenvalue weighted by atomic mass is 32.2. The number of anilines is 1. The number of hydrogen-bond donors (Lipinski definition) is 2. The molecule has 0 saturated heterocycles. The molecule has 2 N–H and O–H groups in total. The number of thiazole rings is 1. The van der Waals surface area contributed by atoms with Crippen molar-refractivity contribution in [1.82, 2.24) is 4.98 Å². The first kappa shape index (κ1) is 22.4. The molecule has 4 aromatic rings. The van der Waals surface area contributed by atoms with Gasteiger partial charge in [-0.05, 0) is 59.7 Å². The Balaban J connectivity index is 1.59. The summed E-state index contributed by atoms with van der Waals surface area (Å²) >= 11 is 0.962. The molecular formula is C23H17FN2O5S2. The van der Waals surface area contributed by atoms with E-state index in [1.54, 1.807) is 30.3 Å². The zero-order chi connectivity index (χ0) is 23.6. The molecule has 0 amide bonds. The molecule has 0 unspecified atom stereocenters. The highest BCUT2D eigenvalue weighted by Crippen LogP contribution is 2.34. The average molecular weight is 485 g/mol. The van der Waals surface area contributed by atoms with Gasteiger partial charge < -0.3 is 9.84 Å². The van der Waals surface area contributed by atoms with Crippen LogP contribution < -0.4 is 9.46 Å². The van der Waals surface area contributed by atoms with Crippen LogP contribution in [0.4, 0.5) is 10.1 Å². The van der Waals surface area contributed by atoms with Crippen LogP contribution in [0.3, 0.4) is 0 Å². The van der Waals surface area contributed by atoms with E-state index < -0.39 is 21.8 Å². The topological polar surface area (TPSA) is 106 Å². The molecule has 33 heavy (non-hydrogen) atoms. The number of aromatic carboxylic acids is 1. The second-order valence-electron chi connectivity index (χ2n) is 6.89. The van der Waals surface area contributed by atoms with Crippen molar-refractivity contribution in [3.05, 3.63) is 84.3 Å².